The van der Waals surface area contributed by atoms with Gasteiger partial charge in [-0.05, 0) is 19.9 Å². The van der Waals surface area contributed by atoms with Gasteiger partial charge in [0, 0.05) is 6.20 Å². The Morgan fingerprint density at radius 1 is 1.18 bits per heavy atom. The van der Waals surface area contributed by atoms with E-state index in [1.807, 2.05) is 0 Å². The number of methoxy groups -OCH3 is 1. The van der Waals surface area contributed by atoms with E-state index >= 15 is 0 Å². The molecule has 0 aromatic carbocycles. The van der Waals surface area contributed by atoms with Crippen LogP contribution in [0.15, 0.2) is 12.3 Å². The highest BCUT2D eigenvalue weighted by Gasteiger charge is 2.18. The van der Waals surface area contributed by atoms with Crippen molar-refractivity contribution in [2.75, 3.05) is 26.9 Å². The lowest BCUT2D eigenvalue weighted by atomic mass is 10.2. The number of esters is 2. The molecule has 8 nitrogen and oxygen atoms in total. The van der Waals surface area contributed by atoms with Gasteiger partial charge in [-0.2, -0.15) is 0 Å². The molecular weight excluding hydrogens is 292 g/mol. The number of pyridine rings is 1. The fraction of sp³-hybridized carbons (Fsp3) is 0.429. The van der Waals surface area contributed by atoms with Crippen LogP contribution in [0.3, 0.4) is 0 Å². The Morgan fingerprint density at radius 2 is 1.86 bits per heavy atom. The van der Waals surface area contributed by atoms with Crippen LogP contribution in [0.4, 0.5) is 0 Å². The first kappa shape index (κ1) is 17.4. The summed E-state index contributed by atoms with van der Waals surface area (Å²) in [6, 6.07) is 1.35. The van der Waals surface area contributed by atoms with Crippen molar-refractivity contribution < 1.29 is 28.6 Å². The van der Waals surface area contributed by atoms with Crippen LogP contribution in [0.5, 0.6) is 5.75 Å². The molecule has 0 bridgehead atoms. The molecule has 22 heavy (non-hydrogen) atoms. The Balaban J connectivity index is 2.84. The lowest BCUT2D eigenvalue weighted by Crippen LogP contribution is -2.31. The van der Waals surface area contributed by atoms with Crippen molar-refractivity contribution >= 4 is 17.8 Å². The summed E-state index contributed by atoms with van der Waals surface area (Å²) in [7, 11) is 1.34. The van der Waals surface area contributed by atoms with Crippen molar-refractivity contribution in [3.05, 3.63) is 23.5 Å². The van der Waals surface area contributed by atoms with Gasteiger partial charge in [-0.3, -0.25) is 9.59 Å². The molecule has 0 aliphatic rings. The molecule has 1 N–H and O–H groups in total. The lowest BCUT2D eigenvalue weighted by molar-refractivity contribution is -0.141. The SMILES string of the molecule is CCOC(=O)CNC(=O)c1ncc(C(=O)OCC)cc1OC. The number of hydrogen-bond donors (Lipinski definition) is 1. The average Bonchev–Trinajstić information content (AvgIpc) is 2.52. The Kier molecular flexibility index (Phi) is 6.81. The topological polar surface area (TPSA) is 104 Å². The van der Waals surface area contributed by atoms with Gasteiger partial charge >= 0.3 is 11.9 Å². The van der Waals surface area contributed by atoms with E-state index in [1.165, 1.54) is 19.4 Å². The smallest absolute Gasteiger partial charge is 0.339 e. The molecule has 0 radical (unpaired) electrons. The van der Waals surface area contributed by atoms with Crippen LogP contribution in [0, 0.1) is 0 Å². The van der Waals surface area contributed by atoms with Gasteiger partial charge < -0.3 is 19.5 Å². The second-order valence-electron chi connectivity index (χ2n) is 3.98. The predicted molar refractivity (Wildman–Crippen MR) is 75.7 cm³/mol. The molecule has 0 spiro atoms. The predicted octanol–water partition coefficient (Wildman–Crippen LogP) is 0.560. The molecule has 0 saturated heterocycles. The first-order chi connectivity index (χ1) is 10.5. The fourth-order valence-electron chi connectivity index (χ4n) is 1.54. The summed E-state index contributed by atoms with van der Waals surface area (Å²) < 4.78 is 14.6. The minimum atomic E-state index is -0.611. The quantitative estimate of drug-likeness (QED) is 0.734. The van der Waals surface area contributed by atoms with Gasteiger partial charge in [0.2, 0.25) is 0 Å². The monoisotopic (exact) mass is 310 g/mol. The molecule has 0 saturated carbocycles. The third-order valence-corrected chi connectivity index (χ3v) is 2.50. The third kappa shape index (κ3) is 4.72. The van der Waals surface area contributed by atoms with Crippen LogP contribution < -0.4 is 10.1 Å². The first-order valence-electron chi connectivity index (χ1n) is 6.68. The average molecular weight is 310 g/mol. The van der Waals surface area contributed by atoms with Gasteiger partial charge in [0.25, 0.3) is 5.91 Å². The molecule has 120 valence electrons. The second kappa shape index (κ2) is 8.60. The zero-order chi connectivity index (χ0) is 16.5. The molecule has 0 atom stereocenters. The van der Waals surface area contributed by atoms with E-state index in [0.29, 0.717) is 0 Å². The number of carbonyl (C=O) groups excluding carboxylic acids is 3. The maximum atomic E-state index is 12.0. The number of nitrogens with one attached hydrogen (secondary N) is 1. The maximum absolute atomic E-state index is 12.0. The zero-order valence-corrected chi connectivity index (χ0v) is 12.7. The van der Waals surface area contributed by atoms with Gasteiger partial charge in [-0.1, -0.05) is 0 Å². The van der Waals surface area contributed by atoms with Gasteiger partial charge in [0.15, 0.2) is 11.4 Å². The van der Waals surface area contributed by atoms with E-state index in [-0.39, 0.29) is 36.8 Å². The van der Waals surface area contributed by atoms with Crippen molar-refractivity contribution in [3.8, 4) is 5.75 Å². The van der Waals surface area contributed by atoms with Crippen LogP contribution in [-0.4, -0.2) is 49.7 Å². The molecular formula is C14H18N2O6. The van der Waals surface area contributed by atoms with Crippen LogP contribution >= 0.6 is 0 Å². The highest BCUT2D eigenvalue weighted by molar-refractivity contribution is 5.98. The van der Waals surface area contributed by atoms with E-state index in [1.54, 1.807) is 13.8 Å². The molecule has 1 rings (SSSR count). The summed E-state index contributed by atoms with van der Waals surface area (Å²) >= 11 is 0. The lowest BCUT2D eigenvalue weighted by Gasteiger charge is -2.09. The minimum absolute atomic E-state index is 0.0418. The van der Waals surface area contributed by atoms with Crippen molar-refractivity contribution in [2.45, 2.75) is 13.8 Å². The number of nitrogens with zero attached hydrogens (tertiary/aromatic N) is 1. The third-order valence-electron chi connectivity index (χ3n) is 2.50. The molecule has 1 heterocycles. The molecule has 0 unspecified atom stereocenters. The Morgan fingerprint density at radius 3 is 2.45 bits per heavy atom. The Bertz CT molecular complexity index is 558. The molecule has 0 aliphatic carbocycles. The maximum Gasteiger partial charge on any atom is 0.339 e. The zero-order valence-electron chi connectivity index (χ0n) is 12.7. The van der Waals surface area contributed by atoms with Gasteiger partial charge in [-0.25, -0.2) is 9.78 Å². The number of rotatable bonds is 7. The number of carbonyl (C=O) groups is 3. The van der Waals surface area contributed by atoms with E-state index in [0.717, 1.165) is 0 Å². The summed E-state index contributed by atoms with van der Waals surface area (Å²) in [5.74, 6) is -1.63. The molecule has 0 fully saturated rings. The molecule has 1 aromatic rings. The van der Waals surface area contributed by atoms with Crippen molar-refractivity contribution in [2.24, 2.45) is 0 Å². The van der Waals surface area contributed by atoms with E-state index < -0.39 is 17.8 Å². The van der Waals surface area contributed by atoms with Crippen LogP contribution in [0.2, 0.25) is 0 Å². The van der Waals surface area contributed by atoms with Crippen LogP contribution in [-0.2, 0) is 14.3 Å². The summed E-state index contributed by atoms with van der Waals surface area (Å²) in [6.07, 6.45) is 1.21. The molecule has 1 amide bonds. The summed E-state index contributed by atoms with van der Waals surface area (Å²) in [5, 5.41) is 2.36. The van der Waals surface area contributed by atoms with Gasteiger partial charge in [0.1, 0.15) is 6.54 Å². The van der Waals surface area contributed by atoms with Gasteiger partial charge in [-0.15, -0.1) is 0 Å². The van der Waals surface area contributed by atoms with E-state index in [4.69, 9.17) is 14.2 Å². The normalized spacial score (nSPS) is 9.77. The molecule has 0 aliphatic heterocycles. The van der Waals surface area contributed by atoms with Crippen molar-refractivity contribution in [3.63, 3.8) is 0 Å². The number of hydrogen-bond acceptors (Lipinski definition) is 7. The largest absolute Gasteiger partial charge is 0.494 e. The second-order valence-corrected chi connectivity index (χ2v) is 3.98. The first-order valence-corrected chi connectivity index (χ1v) is 6.68. The number of ether oxygens (including phenoxy) is 3. The van der Waals surface area contributed by atoms with Crippen molar-refractivity contribution in [1.29, 1.82) is 0 Å². The fourth-order valence-corrected chi connectivity index (χ4v) is 1.54. The standard InChI is InChI=1S/C14H18N2O6/c1-4-21-11(17)8-16-13(18)12-10(20-3)6-9(7-15-12)14(19)22-5-2/h6-7H,4-5,8H2,1-3H3,(H,16,18). The van der Waals surface area contributed by atoms with Crippen LogP contribution in [0.1, 0.15) is 34.7 Å². The summed E-state index contributed by atoms with van der Waals surface area (Å²) in [4.78, 5) is 38.6. The van der Waals surface area contributed by atoms with E-state index in [9.17, 15) is 14.4 Å². The van der Waals surface area contributed by atoms with Gasteiger partial charge in [0.05, 0.1) is 25.9 Å². The van der Waals surface area contributed by atoms with Crippen LogP contribution in [0.25, 0.3) is 0 Å². The Labute approximate surface area is 127 Å². The summed E-state index contributed by atoms with van der Waals surface area (Å²) in [6.45, 7) is 3.52. The van der Waals surface area contributed by atoms with E-state index in [2.05, 4.69) is 10.3 Å². The Hall–Kier alpha value is -2.64. The minimum Gasteiger partial charge on any atom is -0.494 e. The van der Waals surface area contributed by atoms with Crippen molar-refractivity contribution in [1.82, 2.24) is 10.3 Å². The number of amides is 1. The number of aromatic nitrogens is 1. The molecule has 8 heteroatoms. The molecule has 1 aromatic heterocycles. The highest BCUT2D eigenvalue weighted by Crippen LogP contribution is 2.18. The summed E-state index contributed by atoms with van der Waals surface area (Å²) in [5.41, 5.74) is 0.125. The highest BCUT2D eigenvalue weighted by atomic mass is 16.5.